The average Bonchev–Trinajstić information content (AvgIpc) is 2.17. The highest BCUT2D eigenvalue weighted by molar-refractivity contribution is 5.78. The van der Waals surface area contributed by atoms with Gasteiger partial charge in [-0.25, -0.2) is 0 Å². The minimum atomic E-state index is 0.0846. The molecule has 0 aromatic rings. The smallest absolute Gasteiger partial charge is 0.225 e. The van der Waals surface area contributed by atoms with Crippen LogP contribution in [0, 0.1) is 5.92 Å². The maximum atomic E-state index is 11.9. The molecule has 1 aliphatic rings. The van der Waals surface area contributed by atoms with Crippen molar-refractivity contribution in [3.8, 4) is 0 Å². The van der Waals surface area contributed by atoms with Crippen molar-refractivity contribution in [1.29, 1.82) is 0 Å². The van der Waals surface area contributed by atoms with Gasteiger partial charge >= 0.3 is 0 Å². The largest absolute Gasteiger partial charge is 0.337 e. The maximum Gasteiger partial charge on any atom is 0.225 e. The molecule has 0 N–H and O–H groups in total. The topological polar surface area (TPSA) is 23.6 Å². The van der Waals surface area contributed by atoms with E-state index < -0.39 is 0 Å². The highest BCUT2D eigenvalue weighted by Gasteiger charge is 2.31. The summed E-state index contributed by atoms with van der Waals surface area (Å²) in [5.41, 5.74) is 0. The average molecular weight is 210 g/mol. The van der Waals surface area contributed by atoms with Crippen LogP contribution in [-0.2, 0) is 4.79 Å². The Hall–Kier alpha value is -0.830. The van der Waals surface area contributed by atoms with Gasteiger partial charge in [-0.1, -0.05) is 19.9 Å². The fourth-order valence-electron chi connectivity index (χ4n) is 2.06. The van der Waals surface area contributed by atoms with Gasteiger partial charge in [-0.3, -0.25) is 9.69 Å². The summed E-state index contributed by atoms with van der Waals surface area (Å²) < 4.78 is 0. The van der Waals surface area contributed by atoms with Gasteiger partial charge in [0.2, 0.25) is 5.91 Å². The Morgan fingerprint density at radius 2 is 2.07 bits per heavy atom. The molecule has 0 aliphatic carbocycles. The van der Waals surface area contributed by atoms with Crippen molar-refractivity contribution in [2.24, 2.45) is 5.92 Å². The van der Waals surface area contributed by atoms with Crippen molar-refractivity contribution >= 4 is 5.91 Å². The standard InChI is InChI=1S/C12H22N2O/c1-6-11-8-14(12(15)9(2)3)10(4)7-13(11)5/h6,9-11H,1,7-8H2,2-5H3/t10-,11-/m0/s1. The summed E-state index contributed by atoms with van der Waals surface area (Å²) >= 11 is 0. The van der Waals surface area contributed by atoms with Crippen LogP contribution in [0.2, 0.25) is 0 Å². The fourth-order valence-corrected chi connectivity index (χ4v) is 2.06. The van der Waals surface area contributed by atoms with Crippen molar-refractivity contribution in [2.75, 3.05) is 20.1 Å². The van der Waals surface area contributed by atoms with Crippen LogP contribution in [0.25, 0.3) is 0 Å². The molecule has 0 aromatic heterocycles. The summed E-state index contributed by atoms with van der Waals surface area (Å²) in [7, 11) is 2.08. The van der Waals surface area contributed by atoms with E-state index >= 15 is 0 Å². The highest BCUT2D eigenvalue weighted by Crippen LogP contribution is 2.16. The zero-order valence-corrected chi connectivity index (χ0v) is 10.2. The first kappa shape index (κ1) is 12.2. The number of amides is 1. The van der Waals surface area contributed by atoms with Crippen molar-refractivity contribution in [3.05, 3.63) is 12.7 Å². The molecule has 0 unspecified atom stereocenters. The summed E-state index contributed by atoms with van der Waals surface area (Å²) in [6, 6.07) is 0.602. The molecule has 3 nitrogen and oxygen atoms in total. The predicted molar refractivity (Wildman–Crippen MR) is 62.6 cm³/mol. The predicted octanol–water partition coefficient (Wildman–Crippen LogP) is 1.36. The van der Waals surface area contributed by atoms with Crippen LogP contribution < -0.4 is 0 Å². The van der Waals surface area contributed by atoms with E-state index in [1.807, 2.05) is 24.8 Å². The third-order valence-corrected chi connectivity index (χ3v) is 3.08. The van der Waals surface area contributed by atoms with Crippen LogP contribution >= 0.6 is 0 Å². The molecule has 2 atom stereocenters. The SMILES string of the molecule is C=C[C@H]1CN(C(=O)C(C)C)[C@@H](C)CN1C. The summed E-state index contributed by atoms with van der Waals surface area (Å²) in [6.45, 7) is 11.5. The fraction of sp³-hybridized carbons (Fsp3) is 0.750. The third kappa shape index (κ3) is 2.59. The van der Waals surface area contributed by atoms with Crippen molar-refractivity contribution < 1.29 is 4.79 Å². The Labute approximate surface area is 92.7 Å². The number of hydrogen-bond acceptors (Lipinski definition) is 2. The number of likely N-dealkylation sites (N-methyl/N-ethyl adjacent to an activating group) is 1. The maximum absolute atomic E-state index is 11.9. The minimum Gasteiger partial charge on any atom is -0.337 e. The van der Waals surface area contributed by atoms with Gasteiger partial charge in [0.25, 0.3) is 0 Å². The molecule has 1 rings (SSSR count). The second-order valence-corrected chi connectivity index (χ2v) is 4.74. The molecule has 1 aliphatic heterocycles. The minimum absolute atomic E-state index is 0.0846. The number of carbonyl (C=O) groups excluding carboxylic acids is 1. The molecular formula is C12H22N2O. The molecule has 1 heterocycles. The van der Waals surface area contributed by atoms with E-state index in [2.05, 4.69) is 25.5 Å². The first-order valence-electron chi connectivity index (χ1n) is 5.60. The Morgan fingerprint density at radius 3 is 2.53 bits per heavy atom. The highest BCUT2D eigenvalue weighted by atomic mass is 16.2. The summed E-state index contributed by atoms with van der Waals surface area (Å²) in [5, 5.41) is 0. The van der Waals surface area contributed by atoms with Gasteiger partial charge in [-0.2, -0.15) is 0 Å². The lowest BCUT2D eigenvalue weighted by Crippen LogP contribution is -2.57. The number of carbonyl (C=O) groups is 1. The number of piperazine rings is 1. The second kappa shape index (κ2) is 4.79. The summed E-state index contributed by atoms with van der Waals surface area (Å²) in [5.74, 6) is 0.337. The van der Waals surface area contributed by atoms with Crippen LogP contribution in [0.5, 0.6) is 0 Å². The van der Waals surface area contributed by atoms with Gasteiger partial charge in [0.1, 0.15) is 0 Å². The van der Waals surface area contributed by atoms with Crippen LogP contribution in [-0.4, -0.2) is 47.9 Å². The molecule has 0 saturated carbocycles. The van der Waals surface area contributed by atoms with E-state index in [0.717, 1.165) is 13.1 Å². The second-order valence-electron chi connectivity index (χ2n) is 4.74. The first-order valence-corrected chi connectivity index (χ1v) is 5.60. The lowest BCUT2D eigenvalue weighted by molar-refractivity contribution is -0.139. The van der Waals surface area contributed by atoms with E-state index in [4.69, 9.17) is 0 Å². The van der Waals surface area contributed by atoms with Gasteiger partial charge in [0.05, 0.1) is 0 Å². The van der Waals surface area contributed by atoms with Gasteiger partial charge in [-0.05, 0) is 14.0 Å². The molecule has 1 saturated heterocycles. The number of rotatable bonds is 2. The van der Waals surface area contributed by atoms with Crippen LogP contribution in [0.4, 0.5) is 0 Å². The number of hydrogen-bond donors (Lipinski definition) is 0. The van der Waals surface area contributed by atoms with Gasteiger partial charge in [0, 0.05) is 31.1 Å². The van der Waals surface area contributed by atoms with Crippen molar-refractivity contribution in [2.45, 2.75) is 32.9 Å². The monoisotopic (exact) mass is 210 g/mol. The lowest BCUT2D eigenvalue weighted by atomic mass is 10.1. The molecule has 1 fully saturated rings. The lowest BCUT2D eigenvalue weighted by Gasteiger charge is -2.43. The Balaban J connectivity index is 2.73. The van der Waals surface area contributed by atoms with E-state index in [1.165, 1.54) is 0 Å². The van der Waals surface area contributed by atoms with Crippen LogP contribution in [0.3, 0.4) is 0 Å². The number of nitrogens with zero attached hydrogens (tertiary/aromatic N) is 2. The third-order valence-electron chi connectivity index (χ3n) is 3.08. The van der Waals surface area contributed by atoms with Crippen molar-refractivity contribution in [3.63, 3.8) is 0 Å². The van der Waals surface area contributed by atoms with Gasteiger partial charge in [0.15, 0.2) is 0 Å². The molecule has 15 heavy (non-hydrogen) atoms. The molecule has 0 spiro atoms. The molecular weight excluding hydrogens is 188 g/mol. The molecule has 0 bridgehead atoms. The van der Waals surface area contributed by atoms with Gasteiger partial charge in [-0.15, -0.1) is 6.58 Å². The first-order chi connectivity index (χ1) is 6.97. The summed E-state index contributed by atoms with van der Waals surface area (Å²) in [6.07, 6.45) is 1.92. The zero-order valence-electron chi connectivity index (χ0n) is 10.2. The molecule has 0 radical (unpaired) electrons. The normalized spacial score (nSPS) is 28.2. The Bertz CT molecular complexity index is 250. The zero-order chi connectivity index (χ0) is 11.6. The van der Waals surface area contributed by atoms with E-state index in [1.54, 1.807) is 0 Å². The summed E-state index contributed by atoms with van der Waals surface area (Å²) in [4.78, 5) is 16.2. The van der Waals surface area contributed by atoms with E-state index in [-0.39, 0.29) is 11.8 Å². The molecule has 0 aromatic carbocycles. The quantitative estimate of drug-likeness (QED) is 0.643. The van der Waals surface area contributed by atoms with E-state index in [0.29, 0.717) is 12.1 Å². The Kier molecular flexibility index (Phi) is 3.91. The molecule has 3 heteroatoms. The van der Waals surface area contributed by atoms with E-state index in [9.17, 15) is 4.79 Å². The van der Waals surface area contributed by atoms with Crippen LogP contribution in [0.15, 0.2) is 12.7 Å². The van der Waals surface area contributed by atoms with Crippen molar-refractivity contribution in [1.82, 2.24) is 9.80 Å². The van der Waals surface area contributed by atoms with Crippen LogP contribution in [0.1, 0.15) is 20.8 Å². The molecule has 1 amide bonds. The molecule has 86 valence electrons. The Morgan fingerprint density at radius 1 is 1.47 bits per heavy atom. The van der Waals surface area contributed by atoms with Gasteiger partial charge < -0.3 is 4.90 Å².